The molecule has 0 aliphatic heterocycles. The molecule has 80 valence electrons. The van der Waals surface area contributed by atoms with Crippen LogP contribution in [0, 0.1) is 0 Å². The molecule has 0 amide bonds. The van der Waals surface area contributed by atoms with Crippen molar-refractivity contribution < 1.29 is 9.15 Å². The predicted molar refractivity (Wildman–Crippen MR) is 62.3 cm³/mol. The zero-order valence-electron chi connectivity index (χ0n) is 8.98. The highest BCUT2D eigenvalue weighted by Crippen LogP contribution is 2.33. The lowest BCUT2D eigenvalue weighted by Gasteiger charge is -2.03. The smallest absolute Gasteiger partial charge is 0.176 e. The number of methoxy groups -OCH3 is 1. The Hall–Kier alpha value is -1.13. The van der Waals surface area contributed by atoms with E-state index in [1.165, 1.54) is 0 Å². The van der Waals surface area contributed by atoms with E-state index in [0.717, 1.165) is 21.8 Å². The van der Waals surface area contributed by atoms with E-state index in [1.807, 2.05) is 42.7 Å². The molecule has 0 saturated heterocycles. The van der Waals surface area contributed by atoms with Gasteiger partial charge in [0.15, 0.2) is 5.09 Å². The van der Waals surface area contributed by atoms with Crippen molar-refractivity contribution in [3.05, 3.63) is 24.3 Å². The fourth-order valence-corrected chi connectivity index (χ4v) is 2.07. The van der Waals surface area contributed by atoms with E-state index < -0.39 is 0 Å². The number of nitrogens with zero attached hydrogens (tertiary/aromatic N) is 1. The van der Waals surface area contributed by atoms with Gasteiger partial charge in [-0.3, -0.25) is 0 Å². The summed E-state index contributed by atoms with van der Waals surface area (Å²) in [6.45, 7) is 0. The van der Waals surface area contributed by atoms with Crippen LogP contribution >= 0.6 is 11.9 Å². The number of fused-ring (bicyclic) bond motifs is 1. The van der Waals surface area contributed by atoms with Crippen LogP contribution in [0.4, 0.5) is 0 Å². The summed E-state index contributed by atoms with van der Waals surface area (Å²) in [4.78, 5) is 0. The van der Waals surface area contributed by atoms with Crippen molar-refractivity contribution in [1.82, 2.24) is 4.31 Å². The first-order valence-corrected chi connectivity index (χ1v) is 5.40. The van der Waals surface area contributed by atoms with Crippen molar-refractivity contribution in [2.45, 2.75) is 5.09 Å². The molecule has 0 spiro atoms. The van der Waals surface area contributed by atoms with Crippen LogP contribution in [-0.4, -0.2) is 25.5 Å². The summed E-state index contributed by atoms with van der Waals surface area (Å²) in [5, 5.41) is 1.89. The third-order valence-electron chi connectivity index (χ3n) is 1.99. The molecule has 4 heteroatoms. The molecule has 3 nitrogen and oxygen atoms in total. The van der Waals surface area contributed by atoms with Gasteiger partial charge in [-0.25, -0.2) is 4.31 Å². The van der Waals surface area contributed by atoms with Gasteiger partial charge in [0.05, 0.1) is 12.5 Å². The van der Waals surface area contributed by atoms with Gasteiger partial charge in [-0.2, -0.15) is 0 Å². The fraction of sp³-hybridized carbons (Fsp3) is 0.273. The van der Waals surface area contributed by atoms with Crippen LogP contribution in [0.15, 0.2) is 33.8 Å². The molecule has 0 saturated carbocycles. The largest absolute Gasteiger partial charge is 0.496 e. The fourth-order valence-electron chi connectivity index (χ4n) is 1.41. The first kappa shape index (κ1) is 10.4. The molecule has 0 unspecified atom stereocenters. The normalized spacial score (nSPS) is 11.2. The van der Waals surface area contributed by atoms with E-state index in [1.54, 1.807) is 19.1 Å². The molecular formula is C11H13NO2S. The second kappa shape index (κ2) is 4.16. The monoisotopic (exact) mass is 223 g/mol. The maximum absolute atomic E-state index is 5.66. The second-order valence-electron chi connectivity index (χ2n) is 3.34. The minimum atomic E-state index is 0.849. The summed E-state index contributed by atoms with van der Waals surface area (Å²) < 4.78 is 12.9. The highest BCUT2D eigenvalue weighted by atomic mass is 32.2. The molecule has 0 aliphatic carbocycles. The number of hydrogen-bond acceptors (Lipinski definition) is 4. The van der Waals surface area contributed by atoms with Crippen LogP contribution in [0.2, 0.25) is 0 Å². The topological polar surface area (TPSA) is 25.6 Å². The summed E-state index contributed by atoms with van der Waals surface area (Å²) in [5.41, 5.74) is 0.860. The van der Waals surface area contributed by atoms with Gasteiger partial charge in [0, 0.05) is 6.07 Å². The van der Waals surface area contributed by atoms with Crippen molar-refractivity contribution in [3.8, 4) is 5.75 Å². The van der Waals surface area contributed by atoms with Gasteiger partial charge in [0.1, 0.15) is 11.3 Å². The van der Waals surface area contributed by atoms with Gasteiger partial charge in [-0.1, -0.05) is 6.07 Å². The van der Waals surface area contributed by atoms with Crippen LogP contribution < -0.4 is 4.74 Å². The number of rotatable bonds is 3. The Morgan fingerprint density at radius 1 is 1.33 bits per heavy atom. The lowest BCUT2D eigenvalue weighted by Crippen LogP contribution is -1.97. The summed E-state index contributed by atoms with van der Waals surface area (Å²) in [7, 11) is 5.63. The van der Waals surface area contributed by atoms with Crippen LogP contribution in [0.3, 0.4) is 0 Å². The third-order valence-corrected chi connectivity index (χ3v) is 2.74. The average molecular weight is 223 g/mol. The van der Waals surface area contributed by atoms with Crippen LogP contribution in [0.25, 0.3) is 11.0 Å². The van der Waals surface area contributed by atoms with E-state index >= 15 is 0 Å². The Morgan fingerprint density at radius 3 is 2.80 bits per heavy atom. The first-order chi connectivity index (χ1) is 7.20. The van der Waals surface area contributed by atoms with E-state index in [0.29, 0.717) is 0 Å². The Balaban J connectivity index is 2.45. The molecule has 1 aromatic heterocycles. The molecular weight excluding hydrogens is 210 g/mol. The lowest BCUT2D eigenvalue weighted by molar-refractivity contribution is 0.419. The minimum Gasteiger partial charge on any atom is -0.496 e. The zero-order valence-corrected chi connectivity index (χ0v) is 9.80. The van der Waals surface area contributed by atoms with Gasteiger partial charge in [0.25, 0.3) is 0 Å². The summed E-state index contributed by atoms with van der Waals surface area (Å²) in [5.74, 6) is 0.849. The van der Waals surface area contributed by atoms with Crippen molar-refractivity contribution in [2.75, 3.05) is 21.2 Å². The highest BCUT2D eigenvalue weighted by Gasteiger charge is 2.09. The zero-order chi connectivity index (χ0) is 10.8. The molecule has 0 radical (unpaired) electrons. The lowest BCUT2D eigenvalue weighted by atomic mass is 10.2. The standard InChI is InChI=1S/C11H13NO2S/c1-12(2)15-11-7-8-9(13-3)5-4-6-10(8)14-11/h4-7H,1-3H3. The predicted octanol–water partition coefficient (Wildman–Crippen LogP) is 3.01. The Bertz CT molecular complexity index is 465. The summed E-state index contributed by atoms with van der Waals surface area (Å²) in [6.07, 6.45) is 0. The van der Waals surface area contributed by atoms with Crippen LogP contribution in [0.1, 0.15) is 0 Å². The molecule has 0 aliphatic rings. The maximum atomic E-state index is 5.66. The molecule has 2 aromatic rings. The number of furan rings is 1. The van der Waals surface area contributed by atoms with Crippen molar-refractivity contribution in [1.29, 1.82) is 0 Å². The molecule has 0 bridgehead atoms. The van der Waals surface area contributed by atoms with Crippen LogP contribution in [0.5, 0.6) is 5.75 Å². The molecule has 2 rings (SSSR count). The van der Waals surface area contributed by atoms with Crippen molar-refractivity contribution >= 4 is 22.9 Å². The maximum Gasteiger partial charge on any atom is 0.176 e. The third kappa shape index (κ3) is 2.11. The number of hydrogen-bond donors (Lipinski definition) is 0. The number of ether oxygens (including phenoxy) is 1. The SMILES string of the molecule is COc1cccc2oc(SN(C)C)cc12. The van der Waals surface area contributed by atoms with Gasteiger partial charge >= 0.3 is 0 Å². The minimum absolute atomic E-state index is 0.849. The van der Waals surface area contributed by atoms with Crippen LogP contribution in [-0.2, 0) is 0 Å². The molecule has 0 N–H and O–H groups in total. The van der Waals surface area contributed by atoms with E-state index in [2.05, 4.69) is 0 Å². The van der Waals surface area contributed by atoms with Crippen molar-refractivity contribution in [2.24, 2.45) is 0 Å². The summed E-state index contributed by atoms with van der Waals surface area (Å²) in [6, 6.07) is 7.80. The van der Waals surface area contributed by atoms with Gasteiger partial charge in [-0.15, -0.1) is 0 Å². The molecule has 15 heavy (non-hydrogen) atoms. The van der Waals surface area contributed by atoms with Gasteiger partial charge in [0.2, 0.25) is 0 Å². The molecule has 0 atom stereocenters. The first-order valence-electron chi connectivity index (χ1n) is 4.62. The Labute approximate surface area is 93.1 Å². The second-order valence-corrected chi connectivity index (χ2v) is 4.66. The Morgan fingerprint density at radius 2 is 2.13 bits per heavy atom. The van der Waals surface area contributed by atoms with Gasteiger partial charge in [-0.05, 0) is 38.2 Å². The quantitative estimate of drug-likeness (QED) is 0.747. The molecule has 1 heterocycles. The van der Waals surface area contributed by atoms with E-state index in [-0.39, 0.29) is 0 Å². The highest BCUT2D eigenvalue weighted by molar-refractivity contribution is 7.96. The summed E-state index contributed by atoms with van der Waals surface area (Å²) >= 11 is 1.55. The van der Waals surface area contributed by atoms with Gasteiger partial charge < -0.3 is 9.15 Å². The van der Waals surface area contributed by atoms with Crippen molar-refractivity contribution in [3.63, 3.8) is 0 Å². The number of benzene rings is 1. The Kier molecular flexibility index (Phi) is 2.88. The van der Waals surface area contributed by atoms with E-state index in [4.69, 9.17) is 9.15 Å². The molecule has 0 fully saturated rings. The molecule has 1 aromatic carbocycles. The average Bonchev–Trinajstić information content (AvgIpc) is 2.58. The van der Waals surface area contributed by atoms with E-state index in [9.17, 15) is 0 Å².